The number of piperidine rings is 2. The van der Waals surface area contributed by atoms with Crippen LogP contribution in [0.25, 0.3) is 11.0 Å². The Labute approximate surface area is 138 Å². The van der Waals surface area contributed by atoms with Crippen molar-refractivity contribution in [1.82, 2.24) is 4.90 Å². The second kappa shape index (κ2) is 4.63. The maximum absolute atomic E-state index is 6.48. The molecule has 6 rings (SSSR count). The average molecular weight is 309 g/mol. The van der Waals surface area contributed by atoms with Crippen LogP contribution in [0.4, 0.5) is 0 Å². The van der Waals surface area contributed by atoms with Crippen molar-refractivity contribution >= 4 is 11.0 Å². The lowest BCUT2D eigenvalue weighted by atomic mass is 9.58. The van der Waals surface area contributed by atoms with E-state index in [1.807, 2.05) is 0 Å². The summed E-state index contributed by atoms with van der Waals surface area (Å²) in [6, 6.07) is 7.37. The second-order valence-electron chi connectivity index (χ2n) is 8.55. The Morgan fingerprint density at radius 1 is 1.35 bits per heavy atom. The molecule has 122 valence electrons. The fourth-order valence-electron chi connectivity index (χ4n) is 6.05. The molecule has 4 aliphatic rings. The summed E-state index contributed by atoms with van der Waals surface area (Å²) in [5.74, 6) is 2.80. The first kappa shape index (κ1) is 14.1. The van der Waals surface area contributed by atoms with E-state index < -0.39 is 0 Å². The van der Waals surface area contributed by atoms with Crippen molar-refractivity contribution < 1.29 is 4.42 Å². The zero-order valence-corrected chi connectivity index (χ0v) is 14.6. The van der Waals surface area contributed by atoms with Crippen LogP contribution >= 0.6 is 0 Å². The average Bonchev–Trinajstić information content (AvgIpc) is 2.85. The number of fused-ring (bicyclic) bond motifs is 4. The normalized spacial score (nSPS) is 38.6. The quantitative estimate of drug-likeness (QED) is 0.745. The van der Waals surface area contributed by atoms with Gasteiger partial charge in [0.25, 0.3) is 0 Å². The van der Waals surface area contributed by atoms with E-state index in [1.165, 1.54) is 54.6 Å². The minimum atomic E-state index is 0.461. The molecule has 1 aromatic heterocycles. The maximum atomic E-state index is 6.48. The van der Waals surface area contributed by atoms with Gasteiger partial charge >= 0.3 is 0 Å². The molecule has 5 atom stereocenters. The fourth-order valence-corrected chi connectivity index (χ4v) is 6.05. The lowest BCUT2D eigenvalue weighted by Gasteiger charge is -2.58. The van der Waals surface area contributed by atoms with Gasteiger partial charge in [0.05, 0.1) is 0 Å². The van der Waals surface area contributed by atoms with Gasteiger partial charge in [0.1, 0.15) is 11.3 Å². The van der Waals surface area contributed by atoms with Gasteiger partial charge in [-0.3, -0.25) is 4.90 Å². The second-order valence-corrected chi connectivity index (χ2v) is 8.55. The van der Waals surface area contributed by atoms with Crippen LogP contribution in [0.2, 0.25) is 0 Å². The zero-order valence-electron chi connectivity index (χ0n) is 14.6. The lowest BCUT2D eigenvalue weighted by molar-refractivity contribution is -0.0706. The van der Waals surface area contributed by atoms with Crippen LogP contribution in [0.15, 0.2) is 22.6 Å². The number of nitrogens with zero attached hydrogens (tertiary/aromatic N) is 1. The van der Waals surface area contributed by atoms with Crippen molar-refractivity contribution in [3.8, 4) is 0 Å². The van der Waals surface area contributed by atoms with Gasteiger partial charge in [-0.2, -0.15) is 0 Å². The molecule has 2 aromatic rings. The third-order valence-electron chi connectivity index (χ3n) is 7.09. The highest BCUT2D eigenvalue weighted by atomic mass is 16.3. The van der Waals surface area contributed by atoms with Crippen LogP contribution in [-0.4, -0.2) is 24.0 Å². The van der Waals surface area contributed by atoms with E-state index in [0.717, 1.165) is 17.9 Å². The van der Waals surface area contributed by atoms with E-state index in [-0.39, 0.29) is 0 Å². The standard InChI is InChI=1S/C21H27NO/c1-4-21(3)11-14-10-17-19-15(7-8-22(12-14)20(17)21)16-9-13(2)5-6-18(16)23-19/h5-6,9,14,17,20H,4,7-8,10-12H2,1-3H3. The summed E-state index contributed by atoms with van der Waals surface area (Å²) in [6.07, 6.45) is 5.19. The minimum absolute atomic E-state index is 0.461. The molecule has 0 N–H and O–H groups in total. The smallest absolute Gasteiger partial charge is 0.134 e. The van der Waals surface area contributed by atoms with Gasteiger partial charge in [-0.1, -0.05) is 25.5 Å². The van der Waals surface area contributed by atoms with Crippen molar-refractivity contribution in [2.24, 2.45) is 11.3 Å². The first-order valence-corrected chi connectivity index (χ1v) is 9.35. The molecule has 1 aliphatic carbocycles. The molecule has 2 nitrogen and oxygen atoms in total. The molecule has 3 fully saturated rings. The van der Waals surface area contributed by atoms with E-state index in [9.17, 15) is 0 Å². The first-order chi connectivity index (χ1) is 11.1. The Morgan fingerprint density at radius 3 is 3.04 bits per heavy atom. The van der Waals surface area contributed by atoms with Gasteiger partial charge in [-0.05, 0) is 56.1 Å². The van der Waals surface area contributed by atoms with Crippen molar-refractivity contribution in [3.05, 3.63) is 35.1 Å². The van der Waals surface area contributed by atoms with Crippen LogP contribution in [0.3, 0.4) is 0 Å². The van der Waals surface area contributed by atoms with Crippen LogP contribution in [0, 0.1) is 18.3 Å². The summed E-state index contributed by atoms with van der Waals surface area (Å²) < 4.78 is 6.48. The summed E-state index contributed by atoms with van der Waals surface area (Å²) in [4.78, 5) is 2.81. The van der Waals surface area contributed by atoms with Gasteiger partial charge in [0.2, 0.25) is 0 Å². The predicted molar refractivity (Wildman–Crippen MR) is 93.9 cm³/mol. The largest absolute Gasteiger partial charge is 0.460 e. The Kier molecular flexibility index (Phi) is 2.84. The van der Waals surface area contributed by atoms with Gasteiger partial charge in [-0.25, -0.2) is 0 Å². The molecule has 4 heterocycles. The first-order valence-electron chi connectivity index (χ1n) is 9.35. The molecular formula is C21H27NO. The zero-order chi connectivity index (χ0) is 15.8. The third kappa shape index (κ3) is 1.85. The summed E-state index contributed by atoms with van der Waals surface area (Å²) in [5.41, 5.74) is 4.42. The molecule has 5 unspecified atom stereocenters. The van der Waals surface area contributed by atoms with Gasteiger partial charge < -0.3 is 4.42 Å². The highest BCUT2D eigenvalue weighted by Crippen LogP contribution is 2.57. The molecule has 3 aliphatic heterocycles. The van der Waals surface area contributed by atoms with Crippen molar-refractivity contribution in [1.29, 1.82) is 0 Å². The van der Waals surface area contributed by atoms with Crippen LogP contribution < -0.4 is 0 Å². The molecule has 0 radical (unpaired) electrons. The summed E-state index contributed by atoms with van der Waals surface area (Å²) >= 11 is 0. The van der Waals surface area contributed by atoms with Gasteiger partial charge in [0, 0.05) is 36.0 Å². The highest BCUT2D eigenvalue weighted by molar-refractivity contribution is 5.83. The molecule has 23 heavy (non-hydrogen) atoms. The number of benzene rings is 1. The molecular weight excluding hydrogens is 282 g/mol. The number of rotatable bonds is 1. The third-order valence-corrected chi connectivity index (χ3v) is 7.09. The molecule has 2 heteroatoms. The summed E-state index contributed by atoms with van der Waals surface area (Å²) in [6.45, 7) is 9.63. The Balaban J connectivity index is 1.70. The van der Waals surface area contributed by atoms with Crippen molar-refractivity contribution in [2.45, 2.75) is 58.4 Å². The number of aryl methyl sites for hydroxylation is 1. The number of hydrogen-bond acceptors (Lipinski definition) is 2. The van der Waals surface area contributed by atoms with E-state index >= 15 is 0 Å². The Hall–Kier alpha value is -1.28. The fraction of sp³-hybridized carbons (Fsp3) is 0.619. The predicted octanol–water partition coefficient (Wildman–Crippen LogP) is 4.89. The minimum Gasteiger partial charge on any atom is -0.460 e. The van der Waals surface area contributed by atoms with Crippen LogP contribution in [0.1, 0.15) is 55.9 Å². The van der Waals surface area contributed by atoms with Crippen molar-refractivity contribution in [2.75, 3.05) is 13.1 Å². The number of hydrogen-bond donors (Lipinski definition) is 0. The topological polar surface area (TPSA) is 16.4 Å². The molecule has 2 saturated heterocycles. The van der Waals surface area contributed by atoms with E-state index in [2.05, 4.69) is 43.9 Å². The van der Waals surface area contributed by atoms with Crippen LogP contribution in [0.5, 0.6) is 0 Å². The van der Waals surface area contributed by atoms with Crippen LogP contribution in [-0.2, 0) is 6.42 Å². The van der Waals surface area contributed by atoms with E-state index in [1.54, 1.807) is 0 Å². The van der Waals surface area contributed by atoms with Gasteiger partial charge in [0.15, 0.2) is 0 Å². The van der Waals surface area contributed by atoms with E-state index in [0.29, 0.717) is 17.4 Å². The number of furan rings is 1. The maximum Gasteiger partial charge on any atom is 0.134 e. The molecule has 1 aromatic carbocycles. The molecule has 0 amide bonds. The lowest BCUT2D eigenvalue weighted by Crippen LogP contribution is -2.60. The summed E-state index contributed by atoms with van der Waals surface area (Å²) in [5, 5.41) is 1.38. The summed E-state index contributed by atoms with van der Waals surface area (Å²) in [7, 11) is 0. The monoisotopic (exact) mass is 309 g/mol. The van der Waals surface area contributed by atoms with Crippen molar-refractivity contribution in [3.63, 3.8) is 0 Å². The molecule has 0 spiro atoms. The molecule has 1 saturated carbocycles. The van der Waals surface area contributed by atoms with E-state index in [4.69, 9.17) is 4.42 Å². The SMILES string of the molecule is CCC1(C)CC2CC3c4oc5ccc(C)cc5c4CCN(C2)C31. The highest BCUT2D eigenvalue weighted by Gasteiger charge is 2.54. The Bertz CT molecular complexity index is 775. The van der Waals surface area contributed by atoms with Gasteiger partial charge in [-0.15, -0.1) is 0 Å². The Morgan fingerprint density at radius 2 is 2.22 bits per heavy atom. The molecule has 4 bridgehead atoms.